The van der Waals surface area contributed by atoms with Crippen LogP contribution in [0.1, 0.15) is 419 Å². The molecule has 6 heteroatoms. The van der Waals surface area contributed by atoms with Crippen molar-refractivity contribution >= 4 is 17.9 Å². The second kappa shape index (κ2) is 68.6. The van der Waals surface area contributed by atoms with Gasteiger partial charge in [0.1, 0.15) is 13.2 Å². The molecular weight excluding hydrogens is 973 g/mol. The van der Waals surface area contributed by atoms with Crippen LogP contribution in [0.2, 0.25) is 0 Å². The molecule has 0 fully saturated rings. The maximum atomic E-state index is 13.0. The van der Waals surface area contributed by atoms with Gasteiger partial charge in [-0.25, -0.2) is 0 Å². The number of esters is 3. The minimum atomic E-state index is -0.766. The van der Waals surface area contributed by atoms with E-state index in [9.17, 15) is 14.4 Å². The van der Waals surface area contributed by atoms with E-state index in [-0.39, 0.29) is 31.1 Å². The minimum absolute atomic E-state index is 0.0624. The summed E-state index contributed by atoms with van der Waals surface area (Å²) < 4.78 is 17.0. The van der Waals surface area contributed by atoms with Gasteiger partial charge in [0.2, 0.25) is 0 Å². The molecule has 1 unspecified atom stereocenters. The Morgan fingerprint density at radius 3 is 0.633 bits per heavy atom. The third-order valence-corrected chi connectivity index (χ3v) is 16.8. The Morgan fingerprint density at radius 1 is 0.241 bits per heavy atom. The van der Waals surface area contributed by atoms with Crippen LogP contribution in [0.15, 0.2) is 12.2 Å². The van der Waals surface area contributed by atoms with E-state index in [2.05, 4.69) is 32.9 Å². The van der Waals surface area contributed by atoms with Crippen molar-refractivity contribution in [2.45, 2.75) is 425 Å². The van der Waals surface area contributed by atoms with Gasteiger partial charge in [-0.1, -0.05) is 367 Å². The van der Waals surface area contributed by atoms with Crippen molar-refractivity contribution in [3.05, 3.63) is 12.2 Å². The topological polar surface area (TPSA) is 78.9 Å². The second-order valence-corrected chi connectivity index (χ2v) is 24.9. The van der Waals surface area contributed by atoms with Crippen molar-refractivity contribution in [3.63, 3.8) is 0 Å². The van der Waals surface area contributed by atoms with Crippen LogP contribution in [0.3, 0.4) is 0 Å². The second-order valence-electron chi connectivity index (χ2n) is 24.9. The van der Waals surface area contributed by atoms with Gasteiger partial charge >= 0.3 is 17.9 Å². The van der Waals surface area contributed by atoms with Gasteiger partial charge in [0, 0.05) is 19.3 Å². The van der Waals surface area contributed by atoms with Gasteiger partial charge in [0.25, 0.3) is 0 Å². The average Bonchev–Trinajstić information content (AvgIpc) is 3.45. The normalized spacial score (nSPS) is 12.0. The van der Waals surface area contributed by atoms with Crippen LogP contribution in [-0.2, 0) is 28.6 Å². The van der Waals surface area contributed by atoms with Crippen LogP contribution >= 0.6 is 0 Å². The Morgan fingerprint density at radius 2 is 0.418 bits per heavy atom. The molecule has 0 heterocycles. The zero-order valence-electron chi connectivity index (χ0n) is 53.9. The van der Waals surface area contributed by atoms with Crippen molar-refractivity contribution in [2.24, 2.45) is 0 Å². The molecule has 468 valence electrons. The van der Waals surface area contributed by atoms with Gasteiger partial charge in [-0.05, 0) is 44.9 Å². The van der Waals surface area contributed by atoms with Gasteiger partial charge in [-0.2, -0.15) is 0 Å². The van der Waals surface area contributed by atoms with Crippen LogP contribution in [-0.4, -0.2) is 37.2 Å². The Hall–Kier alpha value is -1.85. The molecule has 0 aromatic heterocycles. The average molecular weight is 1110 g/mol. The first-order chi connectivity index (χ1) is 39.0. The first-order valence-corrected chi connectivity index (χ1v) is 36.2. The molecule has 0 saturated carbocycles. The lowest BCUT2D eigenvalue weighted by Gasteiger charge is -2.18. The zero-order chi connectivity index (χ0) is 57.1. The molecule has 0 aliphatic carbocycles. The van der Waals surface area contributed by atoms with Gasteiger partial charge < -0.3 is 14.2 Å². The number of unbranched alkanes of at least 4 members (excludes halogenated alkanes) is 55. The summed E-state index contributed by atoms with van der Waals surface area (Å²) in [5.74, 6) is -0.824. The molecule has 0 aliphatic rings. The summed E-state index contributed by atoms with van der Waals surface area (Å²) in [6.45, 7) is 6.74. The predicted molar refractivity (Wildman–Crippen MR) is 344 cm³/mol. The van der Waals surface area contributed by atoms with Crippen molar-refractivity contribution in [2.75, 3.05) is 13.2 Å². The highest BCUT2D eigenvalue weighted by Crippen LogP contribution is 2.19. The van der Waals surface area contributed by atoms with Crippen LogP contribution in [0, 0.1) is 0 Å². The van der Waals surface area contributed by atoms with E-state index in [0.717, 1.165) is 57.8 Å². The summed E-state index contributed by atoms with van der Waals surface area (Å²) in [7, 11) is 0. The number of carbonyl (C=O) groups excluding carboxylic acids is 3. The molecule has 0 radical (unpaired) electrons. The van der Waals surface area contributed by atoms with Crippen molar-refractivity contribution < 1.29 is 28.6 Å². The molecule has 0 spiro atoms. The SMILES string of the molecule is CCCCCCCCCC/C=C\CCCCCCCCCCCCCCCC(=O)OCC(COC(=O)CCCCCCCCCCCCCCCC)OC(=O)CCCCCCCCCCCCCCCCCCCCCCCC. The summed E-state index contributed by atoms with van der Waals surface area (Å²) >= 11 is 0. The Labute approximate surface area is 494 Å². The lowest BCUT2D eigenvalue weighted by molar-refractivity contribution is -0.167. The molecule has 0 saturated heterocycles. The van der Waals surface area contributed by atoms with Crippen molar-refractivity contribution in [1.29, 1.82) is 0 Å². The predicted octanol–water partition coefficient (Wildman–Crippen LogP) is 24.8. The molecule has 0 bridgehead atoms. The first-order valence-electron chi connectivity index (χ1n) is 36.2. The highest BCUT2D eigenvalue weighted by Gasteiger charge is 2.20. The fourth-order valence-corrected chi connectivity index (χ4v) is 11.3. The largest absolute Gasteiger partial charge is 0.462 e. The van der Waals surface area contributed by atoms with Gasteiger partial charge in [-0.15, -0.1) is 0 Å². The summed E-state index contributed by atoms with van der Waals surface area (Å²) in [6.07, 6.45) is 82.4. The molecule has 0 aliphatic heterocycles. The summed E-state index contributed by atoms with van der Waals surface area (Å²) in [5, 5.41) is 0. The third kappa shape index (κ3) is 66.8. The summed E-state index contributed by atoms with van der Waals surface area (Å²) in [5.41, 5.74) is 0. The number of allylic oxidation sites excluding steroid dienone is 2. The first kappa shape index (κ1) is 77.2. The molecule has 0 aromatic rings. The van der Waals surface area contributed by atoms with E-state index < -0.39 is 6.10 Å². The monoisotopic (exact) mass is 1110 g/mol. The maximum Gasteiger partial charge on any atom is 0.306 e. The lowest BCUT2D eigenvalue weighted by Crippen LogP contribution is -2.30. The van der Waals surface area contributed by atoms with Crippen LogP contribution in [0.5, 0.6) is 0 Å². The molecule has 0 aromatic carbocycles. The summed E-state index contributed by atoms with van der Waals surface area (Å²) in [4.78, 5) is 38.5. The standard InChI is InChI=1S/C73H140O6/c1-4-7-10-13-16-19-22-25-28-30-32-34-36-37-38-40-41-43-45-48-51-54-57-60-63-66-72(75)78-69-70(68-77-71(74)65-62-59-56-53-50-47-27-24-21-18-15-12-9-6-3)79-73(76)67-64-61-58-55-52-49-46-44-42-39-35-33-31-29-26-23-20-17-14-11-8-5-2/h30,32,70H,4-29,31,33-69H2,1-3H3/b32-30-. The number of carbonyl (C=O) groups is 3. The van der Waals surface area contributed by atoms with E-state index in [1.165, 1.54) is 321 Å². The smallest absolute Gasteiger partial charge is 0.306 e. The molecule has 79 heavy (non-hydrogen) atoms. The minimum Gasteiger partial charge on any atom is -0.462 e. The molecule has 0 rings (SSSR count). The van der Waals surface area contributed by atoms with Crippen LogP contribution in [0.4, 0.5) is 0 Å². The third-order valence-electron chi connectivity index (χ3n) is 16.8. The Balaban J connectivity index is 4.22. The Kier molecular flexibility index (Phi) is 67.0. The molecule has 6 nitrogen and oxygen atoms in total. The Bertz CT molecular complexity index is 1230. The van der Waals surface area contributed by atoms with E-state index in [0.29, 0.717) is 19.3 Å². The van der Waals surface area contributed by atoms with Crippen molar-refractivity contribution in [3.8, 4) is 0 Å². The summed E-state index contributed by atoms with van der Waals surface area (Å²) in [6, 6.07) is 0. The highest BCUT2D eigenvalue weighted by atomic mass is 16.6. The molecule has 0 N–H and O–H groups in total. The van der Waals surface area contributed by atoms with Crippen molar-refractivity contribution in [1.82, 2.24) is 0 Å². The van der Waals surface area contributed by atoms with Crippen LogP contribution in [0.25, 0.3) is 0 Å². The van der Waals surface area contributed by atoms with E-state index in [1.54, 1.807) is 0 Å². The fourth-order valence-electron chi connectivity index (χ4n) is 11.3. The van der Waals surface area contributed by atoms with E-state index >= 15 is 0 Å². The van der Waals surface area contributed by atoms with Gasteiger partial charge in [0.15, 0.2) is 6.10 Å². The van der Waals surface area contributed by atoms with Gasteiger partial charge in [0.05, 0.1) is 0 Å². The molecule has 0 amide bonds. The van der Waals surface area contributed by atoms with Crippen LogP contribution < -0.4 is 0 Å². The highest BCUT2D eigenvalue weighted by molar-refractivity contribution is 5.71. The number of ether oxygens (including phenoxy) is 3. The molecule has 1 atom stereocenters. The van der Waals surface area contributed by atoms with E-state index in [4.69, 9.17) is 14.2 Å². The quantitative estimate of drug-likeness (QED) is 0.0261. The van der Waals surface area contributed by atoms with Gasteiger partial charge in [-0.3, -0.25) is 14.4 Å². The number of rotatable bonds is 68. The lowest BCUT2D eigenvalue weighted by atomic mass is 10.0. The maximum absolute atomic E-state index is 13.0. The molecular formula is C73H140O6. The van der Waals surface area contributed by atoms with E-state index in [1.807, 2.05) is 0 Å². The number of hydrogen-bond donors (Lipinski definition) is 0. The number of hydrogen-bond acceptors (Lipinski definition) is 6. The fraction of sp³-hybridized carbons (Fsp3) is 0.932. The zero-order valence-corrected chi connectivity index (χ0v) is 53.9.